The quantitative estimate of drug-likeness (QED) is 0.611. The van der Waals surface area contributed by atoms with Gasteiger partial charge in [0.05, 0.1) is 11.4 Å². The Hall–Kier alpha value is -0.640. The zero-order valence-electron chi connectivity index (χ0n) is 11.7. The third-order valence-electron chi connectivity index (χ3n) is 3.37. The molecule has 2 aromatic carbocycles. The number of methoxy groups -OCH3 is 1. The maximum Gasteiger partial charge on any atom is 0.0647 e. The van der Waals surface area contributed by atoms with E-state index in [1.807, 2.05) is 0 Å². The van der Waals surface area contributed by atoms with Gasteiger partial charge in [0.15, 0.2) is 0 Å². The molecule has 1 unspecified atom stereocenters. The lowest BCUT2D eigenvalue weighted by Gasteiger charge is -2.14. The van der Waals surface area contributed by atoms with E-state index in [1.54, 1.807) is 7.11 Å². The molecule has 0 radical (unpaired) electrons. The van der Waals surface area contributed by atoms with Gasteiger partial charge < -0.3 is 4.74 Å². The molecule has 0 aliphatic rings. The number of aryl methyl sites for hydroxylation is 1. The van der Waals surface area contributed by atoms with E-state index in [9.17, 15) is 0 Å². The van der Waals surface area contributed by atoms with E-state index in [0.717, 1.165) is 17.5 Å². The summed E-state index contributed by atoms with van der Waals surface area (Å²) < 4.78 is 6.22. The summed E-state index contributed by atoms with van der Waals surface area (Å²) in [6.45, 7) is 2.91. The van der Waals surface area contributed by atoms with Gasteiger partial charge in [0.2, 0.25) is 0 Å². The van der Waals surface area contributed by atoms with Crippen LogP contribution in [0.5, 0.6) is 0 Å². The van der Waals surface area contributed by atoms with Crippen LogP contribution in [-0.4, -0.2) is 13.7 Å². The van der Waals surface area contributed by atoms with E-state index >= 15 is 0 Å². The Kier molecular flexibility index (Phi) is 5.82. The van der Waals surface area contributed by atoms with E-state index in [-0.39, 0.29) is 4.83 Å². The Morgan fingerprint density at radius 2 is 1.80 bits per heavy atom. The maximum absolute atomic E-state index is 5.11. The zero-order valence-corrected chi connectivity index (χ0v) is 14.9. The SMILES string of the molecule is COCCc1ccc(C(Br)c2ccc(Br)cc2C)cc1. The molecule has 0 saturated carbocycles. The molecule has 0 saturated heterocycles. The molecule has 0 N–H and O–H groups in total. The topological polar surface area (TPSA) is 9.23 Å². The summed E-state index contributed by atoms with van der Waals surface area (Å²) in [5.74, 6) is 0. The number of hydrogen-bond donors (Lipinski definition) is 0. The van der Waals surface area contributed by atoms with Crippen molar-refractivity contribution in [1.82, 2.24) is 0 Å². The van der Waals surface area contributed by atoms with Crippen LogP contribution >= 0.6 is 31.9 Å². The summed E-state index contributed by atoms with van der Waals surface area (Å²) in [6.07, 6.45) is 0.959. The highest BCUT2D eigenvalue weighted by atomic mass is 79.9. The van der Waals surface area contributed by atoms with E-state index < -0.39 is 0 Å². The first-order valence-electron chi connectivity index (χ1n) is 6.59. The largest absolute Gasteiger partial charge is 0.384 e. The lowest BCUT2D eigenvalue weighted by atomic mass is 9.99. The molecule has 0 heterocycles. The minimum absolute atomic E-state index is 0.229. The van der Waals surface area contributed by atoms with Gasteiger partial charge in [0, 0.05) is 11.6 Å². The highest BCUT2D eigenvalue weighted by Crippen LogP contribution is 2.33. The van der Waals surface area contributed by atoms with Gasteiger partial charge in [-0.25, -0.2) is 0 Å². The molecule has 0 fully saturated rings. The van der Waals surface area contributed by atoms with Crippen LogP contribution in [0.25, 0.3) is 0 Å². The minimum Gasteiger partial charge on any atom is -0.384 e. The van der Waals surface area contributed by atoms with Crippen molar-refractivity contribution >= 4 is 31.9 Å². The molecule has 0 amide bonds. The molecular weight excluding hydrogens is 380 g/mol. The smallest absolute Gasteiger partial charge is 0.0647 e. The van der Waals surface area contributed by atoms with Crippen LogP contribution in [0.2, 0.25) is 0 Å². The summed E-state index contributed by atoms with van der Waals surface area (Å²) >= 11 is 7.31. The molecule has 0 bridgehead atoms. The van der Waals surface area contributed by atoms with Crippen LogP contribution in [0.15, 0.2) is 46.9 Å². The van der Waals surface area contributed by atoms with Crippen molar-refractivity contribution in [1.29, 1.82) is 0 Å². The molecular formula is C17H18Br2O. The molecule has 0 spiro atoms. The van der Waals surface area contributed by atoms with Crippen molar-refractivity contribution in [2.75, 3.05) is 13.7 Å². The highest BCUT2D eigenvalue weighted by molar-refractivity contribution is 9.10. The van der Waals surface area contributed by atoms with Crippen molar-refractivity contribution in [2.45, 2.75) is 18.2 Å². The Morgan fingerprint density at radius 1 is 1.10 bits per heavy atom. The van der Waals surface area contributed by atoms with Crippen LogP contribution in [0, 0.1) is 6.92 Å². The minimum atomic E-state index is 0.229. The molecule has 106 valence electrons. The molecule has 0 aromatic heterocycles. The zero-order chi connectivity index (χ0) is 14.5. The van der Waals surface area contributed by atoms with Crippen molar-refractivity contribution in [3.8, 4) is 0 Å². The van der Waals surface area contributed by atoms with E-state index in [1.165, 1.54) is 22.3 Å². The third-order valence-corrected chi connectivity index (χ3v) is 4.89. The van der Waals surface area contributed by atoms with Crippen LogP contribution in [0.3, 0.4) is 0 Å². The van der Waals surface area contributed by atoms with Gasteiger partial charge in [-0.2, -0.15) is 0 Å². The number of ether oxygens (including phenoxy) is 1. The summed E-state index contributed by atoms with van der Waals surface area (Å²) in [7, 11) is 1.74. The number of halogens is 2. The Labute approximate surface area is 137 Å². The van der Waals surface area contributed by atoms with Crippen LogP contribution < -0.4 is 0 Å². The average molecular weight is 398 g/mol. The second-order valence-corrected chi connectivity index (χ2v) is 6.68. The normalized spacial score (nSPS) is 12.4. The molecule has 0 aliphatic carbocycles. The Balaban J connectivity index is 2.18. The van der Waals surface area contributed by atoms with Gasteiger partial charge in [0.25, 0.3) is 0 Å². The fraction of sp³-hybridized carbons (Fsp3) is 0.294. The fourth-order valence-electron chi connectivity index (χ4n) is 2.18. The summed E-state index contributed by atoms with van der Waals surface area (Å²) in [4.78, 5) is 0.229. The molecule has 1 nitrogen and oxygen atoms in total. The van der Waals surface area contributed by atoms with Gasteiger partial charge in [-0.05, 0) is 47.7 Å². The first kappa shape index (κ1) is 15.7. The molecule has 2 aromatic rings. The monoisotopic (exact) mass is 396 g/mol. The fourth-order valence-corrected chi connectivity index (χ4v) is 3.47. The first-order valence-corrected chi connectivity index (χ1v) is 8.30. The lowest BCUT2D eigenvalue weighted by Crippen LogP contribution is -1.98. The van der Waals surface area contributed by atoms with Crippen molar-refractivity contribution < 1.29 is 4.74 Å². The van der Waals surface area contributed by atoms with Crippen LogP contribution in [-0.2, 0) is 11.2 Å². The molecule has 3 heteroatoms. The van der Waals surface area contributed by atoms with Gasteiger partial charge in [0.1, 0.15) is 0 Å². The molecule has 20 heavy (non-hydrogen) atoms. The Morgan fingerprint density at radius 3 is 2.40 bits per heavy atom. The second kappa shape index (κ2) is 7.39. The van der Waals surface area contributed by atoms with Gasteiger partial charge in [-0.1, -0.05) is 62.2 Å². The number of hydrogen-bond acceptors (Lipinski definition) is 1. The van der Waals surface area contributed by atoms with Crippen molar-refractivity contribution in [3.05, 3.63) is 69.2 Å². The molecule has 0 aliphatic heterocycles. The standard InChI is InChI=1S/C17H18Br2O/c1-12-11-15(18)7-8-16(12)17(19)14-5-3-13(4-6-14)9-10-20-2/h3-8,11,17H,9-10H2,1-2H3. The van der Waals surface area contributed by atoms with Crippen LogP contribution in [0.1, 0.15) is 27.1 Å². The lowest BCUT2D eigenvalue weighted by molar-refractivity contribution is 0.202. The predicted octanol–water partition coefficient (Wildman–Crippen LogP) is 5.43. The number of rotatable bonds is 5. The summed E-state index contributed by atoms with van der Waals surface area (Å²) in [5.41, 5.74) is 5.17. The van der Waals surface area contributed by atoms with Gasteiger partial charge in [-0.3, -0.25) is 0 Å². The van der Waals surface area contributed by atoms with Crippen molar-refractivity contribution in [3.63, 3.8) is 0 Å². The first-order chi connectivity index (χ1) is 9.61. The number of benzene rings is 2. The van der Waals surface area contributed by atoms with Gasteiger partial charge >= 0.3 is 0 Å². The average Bonchev–Trinajstić information content (AvgIpc) is 2.45. The van der Waals surface area contributed by atoms with E-state index in [0.29, 0.717) is 0 Å². The molecule has 1 atom stereocenters. The second-order valence-electron chi connectivity index (χ2n) is 4.85. The predicted molar refractivity (Wildman–Crippen MR) is 91.7 cm³/mol. The van der Waals surface area contributed by atoms with Crippen LogP contribution in [0.4, 0.5) is 0 Å². The highest BCUT2D eigenvalue weighted by Gasteiger charge is 2.12. The molecule has 2 rings (SSSR count). The maximum atomic E-state index is 5.11. The van der Waals surface area contributed by atoms with E-state index in [2.05, 4.69) is 81.2 Å². The summed E-state index contributed by atoms with van der Waals surface area (Å²) in [6, 6.07) is 15.1. The Bertz CT molecular complexity index is 564. The summed E-state index contributed by atoms with van der Waals surface area (Å²) in [5, 5.41) is 0. The van der Waals surface area contributed by atoms with E-state index in [4.69, 9.17) is 4.74 Å². The number of alkyl halides is 1. The third kappa shape index (κ3) is 3.94. The van der Waals surface area contributed by atoms with Crippen molar-refractivity contribution in [2.24, 2.45) is 0 Å². The van der Waals surface area contributed by atoms with Gasteiger partial charge in [-0.15, -0.1) is 0 Å².